The summed E-state index contributed by atoms with van der Waals surface area (Å²) in [6, 6.07) is 4.77. The van der Waals surface area contributed by atoms with Crippen LogP contribution in [0.2, 0.25) is 0 Å². The zero-order chi connectivity index (χ0) is 11.4. The monoisotopic (exact) mass is 291 g/mol. The molecule has 0 aromatic heterocycles. The Kier molecular flexibility index (Phi) is 4.11. The molecule has 4 nitrogen and oxygen atoms in total. The third kappa shape index (κ3) is 2.70. The molecule has 0 aliphatic carbocycles. The van der Waals surface area contributed by atoms with Gasteiger partial charge in [-0.2, -0.15) is 0 Å². The number of methoxy groups -OCH3 is 1. The second-order valence-corrected chi connectivity index (χ2v) is 3.85. The van der Waals surface area contributed by atoms with Crippen molar-refractivity contribution in [1.29, 1.82) is 0 Å². The van der Waals surface area contributed by atoms with E-state index in [1.807, 2.05) is 0 Å². The van der Waals surface area contributed by atoms with Gasteiger partial charge in [0.1, 0.15) is 0 Å². The van der Waals surface area contributed by atoms with Crippen LogP contribution in [0.1, 0.15) is 15.9 Å². The molecule has 0 atom stereocenters. The van der Waals surface area contributed by atoms with Gasteiger partial charge in [0.2, 0.25) is 0 Å². The van der Waals surface area contributed by atoms with Crippen molar-refractivity contribution in [3.63, 3.8) is 0 Å². The Hall–Kier alpha value is -1.07. The molecule has 0 aliphatic rings. The van der Waals surface area contributed by atoms with Crippen LogP contribution in [0, 0.1) is 0 Å². The van der Waals surface area contributed by atoms with E-state index < -0.39 is 5.97 Å². The van der Waals surface area contributed by atoms with E-state index in [9.17, 15) is 4.79 Å². The predicted molar refractivity (Wildman–Crippen MR) is 59.7 cm³/mol. The van der Waals surface area contributed by atoms with Crippen LogP contribution < -0.4 is 0 Å². The van der Waals surface area contributed by atoms with Crippen molar-refractivity contribution in [1.82, 2.24) is 0 Å². The Balaban J connectivity index is 3.33. The zero-order valence-electron chi connectivity index (χ0n) is 7.70. The molecule has 0 heterocycles. The van der Waals surface area contributed by atoms with Gasteiger partial charge in [0, 0.05) is 10.0 Å². The van der Waals surface area contributed by atoms with E-state index in [2.05, 4.69) is 25.8 Å². The first kappa shape index (κ1) is 12.0. The number of esters is 1. The van der Waals surface area contributed by atoms with Crippen LogP contribution in [0.3, 0.4) is 0 Å². The maximum Gasteiger partial charge on any atom is 0.338 e. The number of hydrogen-bond acceptors (Lipinski definition) is 4. The molecule has 0 saturated carbocycles. The largest absolute Gasteiger partial charge is 0.465 e. The molecule has 80 valence electrons. The van der Waals surface area contributed by atoms with Crippen molar-refractivity contribution in [2.24, 2.45) is 5.16 Å². The second-order valence-electron chi connectivity index (χ2n) is 2.57. The summed E-state index contributed by atoms with van der Waals surface area (Å²) in [5.74, 6) is -0.548. The summed E-state index contributed by atoms with van der Waals surface area (Å²) < 4.78 is 5.27. The van der Waals surface area contributed by atoms with Crippen molar-refractivity contribution in [3.05, 3.63) is 33.8 Å². The molecule has 1 aromatic carbocycles. The van der Waals surface area contributed by atoms with E-state index in [1.54, 1.807) is 12.1 Å². The van der Waals surface area contributed by atoms with Crippen molar-refractivity contribution in [2.45, 2.75) is 0 Å². The van der Waals surface area contributed by atoms with Gasteiger partial charge in [0.05, 0.1) is 12.7 Å². The van der Waals surface area contributed by atoms with Gasteiger partial charge in [-0.15, -0.1) is 0 Å². The Bertz CT molecular complexity index is 420. The fourth-order valence-corrected chi connectivity index (χ4v) is 1.55. The number of nitrogens with zero attached hydrogens (tertiary/aromatic N) is 1. The lowest BCUT2D eigenvalue weighted by Crippen LogP contribution is -2.08. The molecule has 6 heteroatoms. The molecule has 1 aromatic rings. The van der Waals surface area contributed by atoms with Crippen LogP contribution in [-0.4, -0.2) is 23.5 Å². The van der Waals surface area contributed by atoms with E-state index in [-0.39, 0.29) is 10.7 Å². The summed E-state index contributed by atoms with van der Waals surface area (Å²) >= 11 is 8.84. The smallest absolute Gasteiger partial charge is 0.338 e. The van der Waals surface area contributed by atoms with E-state index >= 15 is 0 Å². The molecular weight excluding hydrogens is 285 g/mol. The highest BCUT2D eigenvalue weighted by Crippen LogP contribution is 2.19. The minimum absolute atomic E-state index is 0.164. The van der Waals surface area contributed by atoms with Gasteiger partial charge in [-0.05, 0) is 18.2 Å². The number of rotatable bonds is 2. The van der Waals surface area contributed by atoms with Crippen molar-refractivity contribution in [2.75, 3.05) is 7.11 Å². The molecule has 0 unspecified atom stereocenters. The molecular formula is C9H7BrClNO3. The predicted octanol–water partition coefficient (Wildman–Crippen LogP) is 2.61. The lowest BCUT2D eigenvalue weighted by atomic mass is 10.1. The number of halogens is 2. The summed E-state index contributed by atoms with van der Waals surface area (Å²) in [6.45, 7) is 0. The number of hydrogen-bond donors (Lipinski definition) is 1. The minimum atomic E-state index is -0.548. The van der Waals surface area contributed by atoms with Crippen LogP contribution in [-0.2, 0) is 4.74 Å². The van der Waals surface area contributed by atoms with Crippen LogP contribution in [0.25, 0.3) is 0 Å². The topological polar surface area (TPSA) is 58.9 Å². The highest BCUT2D eigenvalue weighted by molar-refractivity contribution is 9.10. The average Bonchev–Trinajstić information content (AvgIpc) is 2.26. The van der Waals surface area contributed by atoms with E-state index in [0.717, 1.165) is 0 Å². The van der Waals surface area contributed by atoms with Gasteiger partial charge in [0.25, 0.3) is 0 Å². The summed E-state index contributed by atoms with van der Waals surface area (Å²) in [7, 11) is 1.26. The first-order chi connectivity index (χ1) is 7.10. The SMILES string of the molecule is COC(=O)c1cc(Br)ccc1/C(Cl)=N/O. The molecule has 0 spiro atoms. The Morgan fingerprint density at radius 3 is 2.73 bits per heavy atom. The van der Waals surface area contributed by atoms with E-state index in [4.69, 9.17) is 16.8 Å². The second kappa shape index (κ2) is 5.14. The number of benzene rings is 1. The molecule has 0 saturated heterocycles. The van der Waals surface area contributed by atoms with Gasteiger partial charge >= 0.3 is 5.97 Å². The molecule has 0 bridgehead atoms. The van der Waals surface area contributed by atoms with Crippen molar-refractivity contribution in [3.8, 4) is 0 Å². The van der Waals surface area contributed by atoms with Crippen LogP contribution in [0.5, 0.6) is 0 Å². The maximum atomic E-state index is 11.4. The molecule has 1 rings (SSSR count). The molecule has 0 radical (unpaired) electrons. The molecule has 0 amide bonds. The zero-order valence-corrected chi connectivity index (χ0v) is 10.0. The Morgan fingerprint density at radius 2 is 2.20 bits per heavy atom. The third-order valence-electron chi connectivity index (χ3n) is 1.70. The quantitative estimate of drug-likeness (QED) is 0.394. The highest BCUT2D eigenvalue weighted by atomic mass is 79.9. The Morgan fingerprint density at radius 1 is 1.53 bits per heavy atom. The first-order valence-corrected chi connectivity index (χ1v) is 5.03. The van der Waals surface area contributed by atoms with Crippen LogP contribution in [0.15, 0.2) is 27.8 Å². The lowest BCUT2D eigenvalue weighted by Gasteiger charge is -2.05. The number of carbonyl (C=O) groups is 1. The lowest BCUT2D eigenvalue weighted by molar-refractivity contribution is 0.0600. The fraction of sp³-hybridized carbons (Fsp3) is 0.111. The summed E-state index contributed by atoms with van der Waals surface area (Å²) in [6.07, 6.45) is 0. The van der Waals surface area contributed by atoms with E-state index in [1.165, 1.54) is 13.2 Å². The number of ether oxygens (including phenoxy) is 1. The van der Waals surface area contributed by atoms with Gasteiger partial charge in [0.15, 0.2) is 5.17 Å². The fourth-order valence-electron chi connectivity index (χ4n) is 1.03. The summed E-state index contributed by atoms with van der Waals surface area (Å²) in [5.41, 5.74) is 0.545. The standard InChI is InChI=1S/C9H7BrClNO3/c1-15-9(13)7-4-5(10)2-3-6(7)8(11)12-14/h2-4,14H,1H3/b12-8-. The first-order valence-electron chi connectivity index (χ1n) is 3.86. The van der Waals surface area contributed by atoms with E-state index in [0.29, 0.717) is 10.0 Å². The van der Waals surface area contributed by atoms with Gasteiger partial charge < -0.3 is 9.94 Å². The van der Waals surface area contributed by atoms with Crippen molar-refractivity contribution < 1.29 is 14.7 Å². The summed E-state index contributed by atoms with van der Waals surface area (Å²) in [4.78, 5) is 11.4. The minimum Gasteiger partial charge on any atom is -0.465 e. The molecule has 15 heavy (non-hydrogen) atoms. The average molecular weight is 293 g/mol. The van der Waals surface area contributed by atoms with Gasteiger partial charge in [-0.1, -0.05) is 32.7 Å². The summed E-state index contributed by atoms with van der Waals surface area (Å²) in [5, 5.41) is 11.2. The molecule has 0 aliphatic heterocycles. The third-order valence-corrected chi connectivity index (χ3v) is 2.47. The van der Waals surface area contributed by atoms with Crippen molar-refractivity contribution >= 4 is 38.7 Å². The molecule has 0 fully saturated rings. The Labute approximate surface area is 99.6 Å². The van der Waals surface area contributed by atoms with Gasteiger partial charge in [-0.3, -0.25) is 0 Å². The van der Waals surface area contributed by atoms with Crippen LogP contribution >= 0.6 is 27.5 Å². The van der Waals surface area contributed by atoms with Gasteiger partial charge in [-0.25, -0.2) is 4.79 Å². The number of oxime groups is 1. The highest BCUT2D eigenvalue weighted by Gasteiger charge is 2.15. The normalized spacial score (nSPS) is 11.3. The van der Waals surface area contributed by atoms with Crippen LogP contribution in [0.4, 0.5) is 0 Å². The molecule has 1 N–H and O–H groups in total. The maximum absolute atomic E-state index is 11.4. The number of carbonyl (C=O) groups excluding carboxylic acids is 1.